The predicted octanol–water partition coefficient (Wildman–Crippen LogP) is 3.60. The molecule has 2 rings (SSSR count). The first-order valence-corrected chi connectivity index (χ1v) is 8.82. The van der Waals surface area contributed by atoms with Gasteiger partial charge in [0.25, 0.3) is 5.91 Å². The van der Waals surface area contributed by atoms with Gasteiger partial charge in [-0.2, -0.15) is 0 Å². The third-order valence-corrected chi connectivity index (χ3v) is 5.53. The Hall–Kier alpha value is -1.26. The lowest BCUT2D eigenvalue weighted by Crippen LogP contribution is -2.32. The molecule has 1 aliphatic rings. The van der Waals surface area contributed by atoms with Crippen LogP contribution in [0.5, 0.6) is 0 Å². The molecule has 0 bridgehead atoms. The molecule has 1 saturated carbocycles. The fourth-order valence-corrected chi connectivity index (χ4v) is 3.07. The number of hydrogen-bond donors (Lipinski definition) is 1. The Kier molecular flexibility index (Phi) is 5.82. The molecule has 0 heterocycles. The predicted molar refractivity (Wildman–Crippen MR) is 95.4 cm³/mol. The lowest BCUT2D eigenvalue weighted by molar-refractivity contribution is -0.153. The molecule has 1 aromatic rings. The Labute approximate surface area is 152 Å². The van der Waals surface area contributed by atoms with E-state index in [1.807, 2.05) is 0 Å². The Balaban J connectivity index is 1.67. The van der Waals surface area contributed by atoms with Gasteiger partial charge in [-0.1, -0.05) is 38.1 Å². The Bertz CT molecular complexity index is 613. The van der Waals surface area contributed by atoms with Gasteiger partial charge >= 0.3 is 5.97 Å². The molecule has 1 aromatic carbocycles. The van der Waals surface area contributed by atoms with E-state index in [1.165, 1.54) is 5.56 Å². The lowest BCUT2D eigenvalue weighted by Gasteiger charge is -2.12. The number of rotatable bonds is 7. The molecule has 1 amide bonds. The van der Waals surface area contributed by atoms with Crippen molar-refractivity contribution in [3.8, 4) is 0 Å². The quantitative estimate of drug-likeness (QED) is 0.588. The molecule has 1 N–H and O–H groups in total. The number of amides is 1. The van der Waals surface area contributed by atoms with Crippen LogP contribution in [-0.4, -0.2) is 29.4 Å². The van der Waals surface area contributed by atoms with E-state index >= 15 is 0 Å². The van der Waals surface area contributed by atoms with Gasteiger partial charge in [0.2, 0.25) is 0 Å². The summed E-state index contributed by atoms with van der Waals surface area (Å²) >= 11 is 11.8. The van der Waals surface area contributed by atoms with Crippen LogP contribution < -0.4 is 5.32 Å². The van der Waals surface area contributed by atoms with Crippen molar-refractivity contribution in [3.05, 3.63) is 35.4 Å². The summed E-state index contributed by atoms with van der Waals surface area (Å²) in [5.41, 5.74) is 1.53. The maximum absolute atomic E-state index is 11.9. The second-order valence-electron chi connectivity index (χ2n) is 6.79. The number of alkyl halides is 2. The van der Waals surface area contributed by atoms with Crippen molar-refractivity contribution in [2.45, 2.75) is 43.9 Å². The summed E-state index contributed by atoms with van der Waals surface area (Å²) < 4.78 is 3.91. The van der Waals surface area contributed by atoms with E-state index in [4.69, 9.17) is 27.9 Å². The zero-order valence-electron chi connectivity index (χ0n) is 14.2. The smallest absolute Gasteiger partial charge is 0.315 e. The molecule has 0 radical (unpaired) electrons. The highest BCUT2D eigenvalue weighted by atomic mass is 35.5. The molecule has 1 atom stereocenters. The second-order valence-corrected chi connectivity index (χ2v) is 8.27. The molecule has 1 aliphatic carbocycles. The first kappa shape index (κ1) is 19.1. The zero-order chi connectivity index (χ0) is 18.0. The van der Waals surface area contributed by atoms with Crippen molar-refractivity contribution in [2.24, 2.45) is 5.41 Å². The standard InChI is InChI=1S/C18H23Cl2NO3/c1-12(2)14-6-4-13(5-7-14)8-9-21-15(22)10-24-16(23)17(3)11-18(17,19)20/h4-7,12H,8-11H2,1-3H3,(H,21,22)/t17-/m0/s1. The minimum atomic E-state index is -1.08. The molecule has 132 valence electrons. The maximum Gasteiger partial charge on any atom is 0.315 e. The summed E-state index contributed by atoms with van der Waals surface area (Å²) in [5, 5.41) is 2.73. The monoisotopic (exact) mass is 371 g/mol. The third kappa shape index (κ3) is 4.42. The van der Waals surface area contributed by atoms with E-state index < -0.39 is 15.7 Å². The van der Waals surface area contributed by atoms with Crippen molar-refractivity contribution in [3.63, 3.8) is 0 Å². The van der Waals surface area contributed by atoms with Gasteiger partial charge in [-0.15, -0.1) is 23.2 Å². The van der Waals surface area contributed by atoms with Gasteiger partial charge in [-0.3, -0.25) is 9.59 Å². The van der Waals surface area contributed by atoms with Gasteiger partial charge in [0.05, 0.1) is 0 Å². The van der Waals surface area contributed by atoms with Gasteiger partial charge in [0.1, 0.15) is 9.75 Å². The van der Waals surface area contributed by atoms with Crippen LogP contribution in [0.4, 0.5) is 0 Å². The van der Waals surface area contributed by atoms with Crippen LogP contribution in [0.3, 0.4) is 0 Å². The molecule has 0 unspecified atom stereocenters. The van der Waals surface area contributed by atoms with E-state index in [2.05, 4.69) is 43.4 Å². The number of benzene rings is 1. The zero-order valence-corrected chi connectivity index (χ0v) is 15.7. The molecule has 0 aromatic heterocycles. The first-order valence-electron chi connectivity index (χ1n) is 8.06. The number of nitrogens with one attached hydrogen (secondary N) is 1. The van der Waals surface area contributed by atoms with Crippen molar-refractivity contribution in [1.29, 1.82) is 0 Å². The van der Waals surface area contributed by atoms with E-state index in [0.717, 1.165) is 12.0 Å². The number of carbonyl (C=O) groups excluding carboxylic acids is 2. The molecule has 0 aliphatic heterocycles. The SMILES string of the molecule is CC(C)c1ccc(CCNC(=O)COC(=O)[C@]2(C)CC2(Cl)Cl)cc1. The molecule has 4 nitrogen and oxygen atoms in total. The maximum atomic E-state index is 11.9. The molecule has 24 heavy (non-hydrogen) atoms. The first-order chi connectivity index (χ1) is 11.2. The van der Waals surface area contributed by atoms with E-state index in [0.29, 0.717) is 18.9 Å². The highest BCUT2D eigenvalue weighted by molar-refractivity contribution is 6.53. The van der Waals surface area contributed by atoms with Crippen molar-refractivity contribution >= 4 is 35.1 Å². The van der Waals surface area contributed by atoms with Crippen LogP contribution in [0.1, 0.15) is 44.2 Å². The minimum absolute atomic E-state index is 0.315. The van der Waals surface area contributed by atoms with E-state index in [1.54, 1.807) is 6.92 Å². The number of carbonyl (C=O) groups is 2. The number of esters is 1. The number of hydrogen-bond acceptors (Lipinski definition) is 3. The lowest BCUT2D eigenvalue weighted by atomic mass is 10.0. The van der Waals surface area contributed by atoms with Gasteiger partial charge < -0.3 is 10.1 Å². The van der Waals surface area contributed by atoms with Gasteiger partial charge in [0.15, 0.2) is 6.61 Å². The average molecular weight is 372 g/mol. The van der Waals surface area contributed by atoms with Crippen LogP contribution >= 0.6 is 23.2 Å². The number of halogens is 2. The summed E-state index contributed by atoms with van der Waals surface area (Å²) in [6.45, 7) is 6.11. The summed E-state index contributed by atoms with van der Waals surface area (Å²) in [5.74, 6) is -0.366. The van der Waals surface area contributed by atoms with Crippen molar-refractivity contribution in [1.82, 2.24) is 5.32 Å². The molecular weight excluding hydrogens is 349 g/mol. The topological polar surface area (TPSA) is 55.4 Å². The molecule has 0 spiro atoms. The molecule has 6 heteroatoms. The Morgan fingerprint density at radius 2 is 1.83 bits per heavy atom. The van der Waals surface area contributed by atoms with E-state index in [9.17, 15) is 9.59 Å². The molecular formula is C18H23Cl2NO3. The van der Waals surface area contributed by atoms with Crippen LogP contribution in [-0.2, 0) is 20.7 Å². The number of ether oxygens (including phenoxy) is 1. The summed E-state index contributed by atoms with van der Waals surface area (Å²) in [7, 11) is 0. The van der Waals surface area contributed by atoms with Crippen molar-refractivity contribution < 1.29 is 14.3 Å². The fraction of sp³-hybridized carbons (Fsp3) is 0.556. The third-order valence-electron chi connectivity index (χ3n) is 4.42. The minimum Gasteiger partial charge on any atom is -0.455 e. The fourth-order valence-electron chi connectivity index (χ4n) is 2.38. The summed E-state index contributed by atoms with van der Waals surface area (Å²) in [6.07, 6.45) is 1.07. The normalized spacial score (nSPS) is 21.4. The highest BCUT2D eigenvalue weighted by Gasteiger charge is 2.69. The van der Waals surface area contributed by atoms with Crippen molar-refractivity contribution in [2.75, 3.05) is 13.2 Å². The van der Waals surface area contributed by atoms with E-state index in [-0.39, 0.29) is 12.5 Å². The average Bonchev–Trinajstić information content (AvgIpc) is 3.05. The summed E-state index contributed by atoms with van der Waals surface area (Å²) in [4.78, 5) is 23.6. The van der Waals surface area contributed by atoms with Crippen LogP contribution in [0.25, 0.3) is 0 Å². The summed E-state index contributed by atoms with van der Waals surface area (Å²) in [6, 6.07) is 8.33. The van der Waals surface area contributed by atoms with Crippen LogP contribution in [0.2, 0.25) is 0 Å². The highest BCUT2D eigenvalue weighted by Crippen LogP contribution is 2.64. The second kappa shape index (κ2) is 7.32. The van der Waals surface area contributed by atoms with Crippen LogP contribution in [0, 0.1) is 5.41 Å². The molecule has 1 fully saturated rings. The Morgan fingerprint density at radius 3 is 2.33 bits per heavy atom. The van der Waals surface area contributed by atoms with Gasteiger partial charge in [0, 0.05) is 13.0 Å². The van der Waals surface area contributed by atoms with Gasteiger partial charge in [-0.05, 0) is 30.4 Å². The van der Waals surface area contributed by atoms with Crippen LogP contribution in [0.15, 0.2) is 24.3 Å². The molecule has 0 saturated heterocycles. The Morgan fingerprint density at radius 1 is 1.25 bits per heavy atom. The van der Waals surface area contributed by atoms with Gasteiger partial charge in [-0.25, -0.2) is 0 Å². The largest absolute Gasteiger partial charge is 0.455 e.